The van der Waals surface area contributed by atoms with Gasteiger partial charge in [-0.3, -0.25) is 4.79 Å². The van der Waals surface area contributed by atoms with Gasteiger partial charge in [0.1, 0.15) is 0 Å². The Balaban J connectivity index is 3.79. The molecule has 0 aromatic rings. The highest BCUT2D eigenvalue weighted by Gasteiger charge is 2.20. The van der Waals surface area contributed by atoms with Crippen LogP contribution in [0.4, 0.5) is 4.39 Å². The predicted octanol–water partition coefficient (Wildman–Crippen LogP) is 1.14. The van der Waals surface area contributed by atoms with Gasteiger partial charge in [-0.25, -0.2) is 4.39 Å². The van der Waals surface area contributed by atoms with Gasteiger partial charge in [0, 0.05) is 0 Å². The van der Waals surface area contributed by atoms with Crippen LogP contribution in [0.5, 0.6) is 0 Å². The Morgan fingerprint density at radius 3 is 1.86 bits per heavy atom. The minimum absolute atomic E-state index is 0.507. The van der Waals surface area contributed by atoms with Crippen molar-refractivity contribution in [2.45, 2.75) is 19.5 Å². The van der Waals surface area contributed by atoms with Gasteiger partial charge in [0.15, 0.2) is 11.2 Å². The summed E-state index contributed by atoms with van der Waals surface area (Å²) < 4.78 is 12.1. The lowest BCUT2D eigenvalue weighted by Crippen LogP contribution is -2.19. The van der Waals surface area contributed by atoms with Crippen LogP contribution in [0.1, 0.15) is 13.8 Å². The second-order valence-corrected chi connectivity index (χ2v) is 2.36. The van der Waals surface area contributed by atoms with E-state index < -0.39 is 11.2 Å². The topological polar surface area (TPSA) is 17.1 Å². The quantitative estimate of drug-likeness (QED) is 0.476. The normalized spacial score (nSPS) is 11.4. The summed E-state index contributed by atoms with van der Waals surface area (Å²) in [5.41, 5.74) is -2.18. The van der Waals surface area contributed by atoms with E-state index in [-0.39, 0.29) is 0 Å². The maximum absolute atomic E-state index is 12.1. The molecule has 0 bridgehead atoms. The van der Waals surface area contributed by atoms with Crippen molar-refractivity contribution in [2.75, 3.05) is 0 Å². The lowest BCUT2D eigenvalue weighted by Gasteiger charge is -2.05. The van der Waals surface area contributed by atoms with Crippen molar-refractivity contribution >= 4 is 14.8 Å². The standard InChI is InChI=1S/C4H8FOP/c1-4(2,5)3(6)7/h7H2,1-2H3. The van der Waals surface area contributed by atoms with Crippen molar-refractivity contribution in [1.82, 2.24) is 0 Å². The molecule has 0 aromatic carbocycles. The zero-order valence-corrected chi connectivity index (χ0v) is 5.52. The summed E-state index contributed by atoms with van der Waals surface area (Å²) in [7, 11) is 1.79. The summed E-state index contributed by atoms with van der Waals surface area (Å²) in [6, 6.07) is 0. The first kappa shape index (κ1) is 7.03. The molecule has 0 N–H and O–H groups in total. The first-order valence-corrected chi connectivity index (χ1v) is 2.51. The monoisotopic (exact) mass is 122 g/mol. The fraction of sp³-hybridized carbons (Fsp3) is 0.750. The molecule has 0 fully saturated rings. The fourth-order valence-electron chi connectivity index (χ4n) is 0. The van der Waals surface area contributed by atoms with Crippen LogP contribution < -0.4 is 0 Å². The number of carbonyl (C=O) groups excluding carboxylic acids is 1. The molecule has 0 heterocycles. The molecule has 7 heavy (non-hydrogen) atoms. The molecule has 0 saturated carbocycles. The molecule has 0 amide bonds. The molecule has 0 radical (unpaired) electrons. The average Bonchev–Trinajstić information content (AvgIpc) is 1.31. The van der Waals surface area contributed by atoms with E-state index in [1.54, 1.807) is 9.24 Å². The SMILES string of the molecule is CC(C)(F)C(=O)P. The molecule has 0 aliphatic rings. The first-order chi connectivity index (χ1) is 2.94. The number of rotatable bonds is 1. The molecule has 0 aliphatic heterocycles. The van der Waals surface area contributed by atoms with E-state index in [4.69, 9.17) is 0 Å². The van der Waals surface area contributed by atoms with Gasteiger partial charge >= 0.3 is 0 Å². The van der Waals surface area contributed by atoms with Crippen LogP contribution in [0, 0.1) is 0 Å². The van der Waals surface area contributed by atoms with Crippen molar-refractivity contribution in [2.24, 2.45) is 0 Å². The third kappa shape index (κ3) is 2.69. The highest BCUT2D eigenvalue weighted by molar-refractivity contribution is 7.40. The van der Waals surface area contributed by atoms with E-state index in [2.05, 4.69) is 0 Å². The largest absolute Gasteiger partial charge is 0.292 e. The highest BCUT2D eigenvalue weighted by Crippen LogP contribution is 2.12. The Hall–Kier alpha value is 0.0300. The Morgan fingerprint density at radius 1 is 1.71 bits per heavy atom. The van der Waals surface area contributed by atoms with Crippen LogP contribution in [-0.2, 0) is 4.79 Å². The van der Waals surface area contributed by atoms with Crippen molar-refractivity contribution in [3.8, 4) is 0 Å². The lowest BCUT2D eigenvalue weighted by molar-refractivity contribution is -0.119. The highest BCUT2D eigenvalue weighted by atomic mass is 31.0. The summed E-state index contributed by atoms with van der Waals surface area (Å²) in [5, 5.41) is 0. The Kier molecular flexibility index (Phi) is 1.88. The molecule has 1 atom stereocenters. The van der Waals surface area contributed by atoms with Crippen LogP contribution in [0.3, 0.4) is 0 Å². The number of alkyl halides is 1. The van der Waals surface area contributed by atoms with Gasteiger partial charge in [-0.1, -0.05) is 9.24 Å². The Labute approximate surface area is 44.5 Å². The number of hydrogen-bond acceptors (Lipinski definition) is 1. The molecular formula is C4H8FOP. The summed E-state index contributed by atoms with van der Waals surface area (Å²) in [6.45, 7) is 2.45. The zero-order valence-electron chi connectivity index (χ0n) is 4.36. The van der Waals surface area contributed by atoms with E-state index in [1.165, 1.54) is 13.8 Å². The molecule has 0 aliphatic carbocycles. The third-order valence-corrected chi connectivity index (χ3v) is 1.27. The molecule has 1 unspecified atom stereocenters. The fourth-order valence-corrected chi connectivity index (χ4v) is 0. The second-order valence-electron chi connectivity index (χ2n) is 1.84. The molecule has 0 spiro atoms. The molecule has 0 saturated heterocycles. The van der Waals surface area contributed by atoms with Crippen LogP contribution >= 0.6 is 9.24 Å². The predicted molar refractivity (Wildman–Crippen MR) is 29.9 cm³/mol. The van der Waals surface area contributed by atoms with Crippen LogP contribution in [0.15, 0.2) is 0 Å². The van der Waals surface area contributed by atoms with Crippen molar-refractivity contribution in [3.05, 3.63) is 0 Å². The molecule has 3 heteroatoms. The minimum atomic E-state index is -1.68. The number of hydrogen-bond donors (Lipinski definition) is 0. The summed E-state index contributed by atoms with van der Waals surface area (Å²) in [5.74, 6) is 0. The van der Waals surface area contributed by atoms with E-state index in [9.17, 15) is 9.18 Å². The summed E-state index contributed by atoms with van der Waals surface area (Å²) in [4.78, 5) is 10.1. The summed E-state index contributed by atoms with van der Waals surface area (Å²) in [6.07, 6.45) is 0. The van der Waals surface area contributed by atoms with Crippen molar-refractivity contribution in [1.29, 1.82) is 0 Å². The van der Waals surface area contributed by atoms with Crippen molar-refractivity contribution < 1.29 is 9.18 Å². The van der Waals surface area contributed by atoms with Crippen LogP contribution in [0.25, 0.3) is 0 Å². The minimum Gasteiger partial charge on any atom is -0.292 e. The van der Waals surface area contributed by atoms with E-state index in [0.717, 1.165) is 0 Å². The van der Waals surface area contributed by atoms with Gasteiger partial charge in [-0.15, -0.1) is 0 Å². The average molecular weight is 122 g/mol. The molecule has 42 valence electrons. The van der Waals surface area contributed by atoms with Gasteiger partial charge in [0.25, 0.3) is 0 Å². The van der Waals surface area contributed by atoms with Crippen LogP contribution in [-0.4, -0.2) is 11.2 Å². The molecule has 1 nitrogen and oxygen atoms in total. The lowest BCUT2D eigenvalue weighted by atomic mass is 10.2. The maximum Gasteiger partial charge on any atom is 0.184 e. The smallest absolute Gasteiger partial charge is 0.184 e. The van der Waals surface area contributed by atoms with Gasteiger partial charge < -0.3 is 0 Å². The van der Waals surface area contributed by atoms with Crippen LogP contribution in [0.2, 0.25) is 0 Å². The Bertz CT molecular complexity index is 84.2. The number of halogens is 1. The zero-order chi connectivity index (χ0) is 6.08. The summed E-state index contributed by atoms with van der Waals surface area (Å²) >= 11 is 0. The maximum atomic E-state index is 12.1. The van der Waals surface area contributed by atoms with E-state index in [0.29, 0.717) is 0 Å². The van der Waals surface area contributed by atoms with Gasteiger partial charge in [-0.05, 0) is 13.8 Å². The number of carbonyl (C=O) groups is 1. The Morgan fingerprint density at radius 2 is 1.86 bits per heavy atom. The van der Waals surface area contributed by atoms with Gasteiger partial charge in [0.05, 0.1) is 0 Å². The van der Waals surface area contributed by atoms with Gasteiger partial charge in [0.2, 0.25) is 0 Å². The van der Waals surface area contributed by atoms with E-state index >= 15 is 0 Å². The molecule has 0 rings (SSSR count). The molecular weight excluding hydrogens is 114 g/mol. The second kappa shape index (κ2) is 1.87. The van der Waals surface area contributed by atoms with E-state index in [1.807, 2.05) is 0 Å². The van der Waals surface area contributed by atoms with Crippen molar-refractivity contribution in [3.63, 3.8) is 0 Å². The van der Waals surface area contributed by atoms with Gasteiger partial charge in [-0.2, -0.15) is 0 Å². The molecule has 0 aromatic heterocycles. The third-order valence-electron chi connectivity index (χ3n) is 0.586. The first-order valence-electron chi connectivity index (χ1n) is 1.93.